The van der Waals surface area contributed by atoms with E-state index in [1.165, 1.54) is 30.1 Å². The van der Waals surface area contributed by atoms with E-state index in [0.717, 1.165) is 10.8 Å². The zero-order valence-electron chi connectivity index (χ0n) is 13.8. The van der Waals surface area contributed by atoms with Crippen LogP contribution in [0.5, 0.6) is 0 Å². The number of carboxylic acid groups (broad SMARTS) is 1. The summed E-state index contributed by atoms with van der Waals surface area (Å²) in [5.74, 6) is -3.80. The molecule has 0 unspecified atom stereocenters. The molecule has 0 saturated carbocycles. The molecule has 1 aliphatic heterocycles. The van der Waals surface area contributed by atoms with Crippen LogP contribution in [0.1, 0.15) is 21.8 Å². The lowest BCUT2D eigenvalue weighted by Gasteiger charge is -2.16. The lowest BCUT2D eigenvalue weighted by Crippen LogP contribution is -2.38. The number of carbonyl (C=O) groups is 2. The Morgan fingerprint density at radius 2 is 2.00 bits per heavy atom. The SMILES string of the molecule is Cn1cc(C(=O)N2C[C@H](C(=O)O)[C@@H](c3cccc(F)c3)C2)c(=O)[nH]c1=O. The number of nitrogens with one attached hydrogen (secondary N) is 1. The fourth-order valence-electron chi connectivity index (χ4n) is 3.18. The maximum Gasteiger partial charge on any atom is 0.328 e. The number of H-pyrrole nitrogens is 1. The highest BCUT2D eigenvalue weighted by atomic mass is 19.1. The molecule has 2 aromatic rings. The monoisotopic (exact) mass is 361 g/mol. The van der Waals surface area contributed by atoms with Gasteiger partial charge < -0.3 is 14.6 Å². The number of aryl methyl sites for hydroxylation is 1. The number of aromatic amines is 1. The summed E-state index contributed by atoms with van der Waals surface area (Å²) < 4.78 is 14.6. The Bertz CT molecular complexity index is 996. The van der Waals surface area contributed by atoms with Gasteiger partial charge in [-0.05, 0) is 17.7 Å². The topological polar surface area (TPSA) is 112 Å². The van der Waals surface area contributed by atoms with Gasteiger partial charge in [0.15, 0.2) is 0 Å². The van der Waals surface area contributed by atoms with E-state index in [2.05, 4.69) is 0 Å². The van der Waals surface area contributed by atoms with Gasteiger partial charge in [-0.15, -0.1) is 0 Å². The summed E-state index contributed by atoms with van der Waals surface area (Å²) in [6, 6.07) is 5.58. The van der Waals surface area contributed by atoms with Crippen molar-refractivity contribution >= 4 is 11.9 Å². The lowest BCUT2D eigenvalue weighted by molar-refractivity contribution is -0.141. The van der Waals surface area contributed by atoms with E-state index in [9.17, 15) is 28.7 Å². The number of aliphatic carboxylic acids is 1. The van der Waals surface area contributed by atoms with Gasteiger partial charge in [-0.2, -0.15) is 0 Å². The van der Waals surface area contributed by atoms with Crippen LogP contribution in [0.2, 0.25) is 0 Å². The third-order valence-electron chi connectivity index (χ3n) is 4.54. The molecule has 1 aromatic carbocycles. The first-order valence-electron chi connectivity index (χ1n) is 7.85. The molecular formula is C17H16FN3O5. The van der Waals surface area contributed by atoms with Crippen molar-refractivity contribution in [3.63, 3.8) is 0 Å². The molecule has 26 heavy (non-hydrogen) atoms. The third kappa shape index (κ3) is 3.15. The van der Waals surface area contributed by atoms with Gasteiger partial charge in [0.25, 0.3) is 11.5 Å². The van der Waals surface area contributed by atoms with Crippen molar-refractivity contribution < 1.29 is 19.1 Å². The Labute approximate surface area is 146 Å². The molecule has 0 aliphatic carbocycles. The van der Waals surface area contributed by atoms with Crippen molar-refractivity contribution in [2.24, 2.45) is 13.0 Å². The molecule has 1 aliphatic rings. The molecule has 3 rings (SSSR count). The van der Waals surface area contributed by atoms with E-state index >= 15 is 0 Å². The summed E-state index contributed by atoms with van der Waals surface area (Å²) in [7, 11) is 1.38. The summed E-state index contributed by atoms with van der Waals surface area (Å²) in [4.78, 5) is 50.9. The van der Waals surface area contributed by atoms with Gasteiger partial charge in [0, 0.05) is 32.3 Å². The average molecular weight is 361 g/mol. The van der Waals surface area contributed by atoms with Gasteiger partial charge in [-0.3, -0.25) is 19.4 Å². The number of nitrogens with zero attached hydrogens (tertiary/aromatic N) is 2. The molecule has 0 spiro atoms. The predicted molar refractivity (Wildman–Crippen MR) is 88.5 cm³/mol. The summed E-state index contributed by atoms with van der Waals surface area (Å²) >= 11 is 0. The van der Waals surface area contributed by atoms with Crippen LogP contribution in [-0.2, 0) is 11.8 Å². The number of aromatic nitrogens is 2. The standard InChI is InChI=1S/C17H16FN3O5/c1-20-6-13(14(22)19-17(20)26)15(23)21-7-11(12(8-21)16(24)25)9-3-2-4-10(18)5-9/h2-6,11-12H,7-8H2,1H3,(H,24,25)(H,19,22,26)/t11-,12+/m1/s1. The lowest BCUT2D eigenvalue weighted by atomic mass is 9.89. The van der Waals surface area contributed by atoms with E-state index in [4.69, 9.17) is 0 Å². The van der Waals surface area contributed by atoms with Gasteiger partial charge in [0.1, 0.15) is 11.4 Å². The van der Waals surface area contributed by atoms with Crippen LogP contribution in [0.3, 0.4) is 0 Å². The van der Waals surface area contributed by atoms with Crippen LogP contribution in [0.15, 0.2) is 40.1 Å². The molecule has 1 amide bonds. The molecule has 2 heterocycles. The van der Waals surface area contributed by atoms with Gasteiger partial charge in [0.05, 0.1) is 5.92 Å². The second-order valence-electron chi connectivity index (χ2n) is 6.23. The molecule has 1 fully saturated rings. The second kappa shape index (κ2) is 6.58. The zero-order valence-corrected chi connectivity index (χ0v) is 13.8. The highest BCUT2D eigenvalue weighted by Crippen LogP contribution is 2.33. The number of amides is 1. The highest BCUT2D eigenvalue weighted by molar-refractivity contribution is 5.94. The van der Waals surface area contributed by atoms with Crippen molar-refractivity contribution in [1.29, 1.82) is 0 Å². The van der Waals surface area contributed by atoms with E-state index in [0.29, 0.717) is 5.56 Å². The molecule has 1 saturated heterocycles. The van der Waals surface area contributed by atoms with E-state index < -0.39 is 40.8 Å². The van der Waals surface area contributed by atoms with Crippen LogP contribution >= 0.6 is 0 Å². The Morgan fingerprint density at radius 1 is 1.27 bits per heavy atom. The van der Waals surface area contributed by atoms with Crippen molar-refractivity contribution in [2.45, 2.75) is 5.92 Å². The van der Waals surface area contributed by atoms with E-state index in [-0.39, 0.29) is 18.7 Å². The number of hydrogen-bond donors (Lipinski definition) is 2. The molecule has 0 bridgehead atoms. The first-order chi connectivity index (χ1) is 12.3. The van der Waals surface area contributed by atoms with Gasteiger partial charge in [0.2, 0.25) is 0 Å². The van der Waals surface area contributed by atoms with Crippen LogP contribution < -0.4 is 11.2 Å². The number of benzene rings is 1. The Morgan fingerprint density at radius 3 is 2.65 bits per heavy atom. The Balaban J connectivity index is 1.94. The largest absolute Gasteiger partial charge is 0.481 e. The quantitative estimate of drug-likeness (QED) is 0.808. The van der Waals surface area contributed by atoms with Crippen molar-refractivity contribution in [3.8, 4) is 0 Å². The van der Waals surface area contributed by atoms with Crippen LogP contribution in [-0.4, -0.2) is 44.5 Å². The first kappa shape index (κ1) is 17.6. The number of carbonyl (C=O) groups excluding carboxylic acids is 1. The van der Waals surface area contributed by atoms with Crippen LogP contribution in [0, 0.1) is 11.7 Å². The Kier molecular flexibility index (Phi) is 4.45. The fourth-order valence-corrected chi connectivity index (χ4v) is 3.18. The van der Waals surface area contributed by atoms with E-state index in [1.807, 2.05) is 4.98 Å². The van der Waals surface area contributed by atoms with E-state index in [1.54, 1.807) is 6.07 Å². The molecule has 9 heteroatoms. The number of carboxylic acids is 1. The number of halogens is 1. The minimum atomic E-state index is -1.11. The summed E-state index contributed by atoms with van der Waals surface area (Å²) in [5.41, 5.74) is -1.27. The van der Waals surface area contributed by atoms with Gasteiger partial charge >= 0.3 is 11.7 Å². The zero-order chi connectivity index (χ0) is 19.0. The summed E-state index contributed by atoms with van der Waals surface area (Å²) in [6.07, 6.45) is 1.12. The van der Waals surface area contributed by atoms with Crippen LogP contribution in [0.25, 0.3) is 0 Å². The molecule has 2 N–H and O–H groups in total. The van der Waals surface area contributed by atoms with Gasteiger partial charge in [-0.1, -0.05) is 12.1 Å². The minimum Gasteiger partial charge on any atom is -0.481 e. The minimum absolute atomic E-state index is 0.0293. The number of rotatable bonds is 3. The maximum absolute atomic E-state index is 13.5. The number of likely N-dealkylation sites (tertiary alicyclic amines) is 1. The molecule has 0 radical (unpaired) electrons. The highest BCUT2D eigenvalue weighted by Gasteiger charge is 2.41. The maximum atomic E-state index is 13.5. The second-order valence-corrected chi connectivity index (χ2v) is 6.23. The summed E-state index contributed by atoms with van der Waals surface area (Å²) in [5, 5.41) is 9.47. The van der Waals surface area contributed by atoms with Crippen molar-refractivity contribution in [1.82, 2.24) is 14.5 Å². The summed E-state index contributed by atoms with van der Waals surface area (Å²) in [6.45, 7) is -0.0842. The first-order valence-corrected chi connectivity index (χ1v) is 7.85. The number of hydrogen-bond acceptors (Lipinski definition) is 4. The fraction of sp³-hybridized carbons (Fsp3) is 0.294. The normalized spacial score (nSPS) is 19.5. The van der Waals surface area contributed by atoms with Crippen molar-refractivity contribution in [2.75, 3.05) is 13.1 Å². The average Bonchev–Trinajstić information content (AvgIpc) is 3.03. The molecular weight excluding hydrogens is 345 g/mol. The van der Waals surface area contributed by atoms with Gasteiger partial charge in [-0.25, -0.2) is 9.18 Å². The molecule has 1 aromatic heterocycles. The molecule has 136 valence electrons. The molecule has 8 nitrogen and oxygen atoms in total. The van der Waals surface area contributed by atoms with Crippen LogP contribution in [0.4, 0.5) is 4.39 Å². The smallest absolute Gasteiger partial charge is 0.328 e. The Hall–Kier alpha value is -3.23. The molecule has 2 atom stereocenters. The third-order valence-corrected chi connectivity index (χ3v) is 4.54. The predicted octanol–water partition coefficient (Wildman–Crippen LogP) is 0.153. The van der Waals surface area contributed by atoms with Crippen molar-refractivity contribution in [3.05, 3.63) is 68.2 Å².